The minimum absolute atomic E-state index is 0.291. The maximum atomic E-state index is 12.3. The van der Waals surface area contributed by atoms with Crippen molar-refractivity contribution < 1.29 is 9.53 Å². The quantitative estimate of drug-likeness (QED) is 0.655. The number of thiocarbonyl (C=S) groups is 1. The van der Waals surface area contributed by atoms with Crippen molar-refractivity contribution in [3.63, 3.8) is 0 Å². The zero-order chi connectivity index (χ0) is 15.6. The van der Waals surface area contributed by atoms with E-state index >= 15 is 0 Å². The van der Waals surface area contributed by atoms with Crippen LogP contribution in [0.4, 0.5) is 0 Å². The number of benzene rings is 1. The van der Waals surface area contributed by atoms with Crippen LogP contribution in [0.1, 0.15) is 25.5 Å². The highest BCUT2D eigenvalue weighted by Gasteiger charge is 2.33. The molecule has 1 atom stereocenters. The number of nitrogens with zero attached hydrogens (tertiary/aromatic N) is 1. The van der Waals surface area contributed by atoms with E-state index in [9.17, 15) is 4.79 Å². The number of hydrogen-bond donors (Lipinski definition) is 1. The first-order chi connectivity index (χ1) is 9.95. The minimum Gasteiger partial charge on any atom is -0.463 e. The first kappa shape index (κ1) is 16.0. The lowest BCUT2D eigenvalue weighted by Crippen LogP contribution is -2.46. The van der Waals surface area contributed by atoms with Gasteiger partial charge in [0.05, 0.1) is 18.2 Å². The van der Waals surface area contributed by atoms with Crippen molar-refractivity contribution in [3.05, 3.63) is 45.6 Å². The zero-order valence-corrected chi connectivity index (χ0v) is 14.5. The third-order valence-corrected chi connectivity index (χ3v) is 4.37. The standard InChI is InChI=1S/C15H17BrN2O2S/c1-4-20-14(19)12-9(2)18(3)15(21)17-13(12)10-5-7-11(16)8-6-10/h5-8,13H,4H2,1-3H3,(H,17,21)/t13-/m0/s1. The molecule has 1 aromatic carbocycles. The second kappa shape index (κ2) is 6.58. The molecule has 0 fully saturated rings. The van der Waals surface area contributed by atoms with Crippen LogP contribution in [0, 0.1) is 0 Å². The molecule has 1 aliphatic heterocycles. The van der Waals surface area contributed by atoms with E-state index in [0.29, 0.717) is 17.3 Å². The number of nitrogens with one attached hydrogen (secondary N) is 1. The summed E-state index contributed by atoms with van der Waals surface area (Å²) < 4.78 is 6.18. The van der Waals surface area contributed by atoms with Crippen molar-refractivity contribution >= 4 is 39.2 Å². The Bertz CT molecular complexity index is 598. The first-order valence-corrected chi connectivity index (χ1v) is 7.83. The van der Waals surface area contributed by atoms with Crippen LogP contribution in [0.2, 0.25) is 0 Å². The van der Waals surface area contributed by atoms with Gasteiger partial charge in [-0.25, -0.2) is 4.79 Å². The molecule has 1 aliphatic rings. The average molecular weight is 369 g/mol. The summed E-state index contributed by atoms with van der Waals surface area (Å²) in [6.07, 6.45) is 0. The largest absolute Gasteiger partial charge is 0.463 e. The third kappa shape index (κ3) is 3.27. The van der Waals surface area contributed by atoms with Gasteiger partial charge in [-0.3, -0.25) is 0 Å². The lowest BCUT2D eigenvalue weighted by molar-refractivity contribution is -0.139. The van der Waals surface area contributed by atoms with Gasteiger partial charge in [0.15, 0.2) is 5.11 Å². The number of rotatable bonds is 3. The Kier molecular flexibility index (Phi) is 5.00. The van der Waals surface area contributed by atoms with Crippen molar-refractivity contribution in [1.29, 1.82) is 0 Å². The summed E-state index contributed by atoms with van der Waals surface area (Å²) in [5.41, 5.74) is 2.37. The Morgan fingerprint density at radius 3 is 2.62 bits per heavy atom. The Balaban J connectivity index is 2.48. The van der Waals surface area contributed by atoms with Gasteiger partial charge in [-0.1, -0.05) is 28.1 Å². The molecule has 0 spiro atoms. The van der Waals surface area contributed by atoms with Crippen LogP contribution in [-0.4, -0.2) is 29.6 Å². The summed E-state index contributed by atoms with van der Waals surface area (Å²) in [6, 6.07) is 7.51. The molecule has 1 heterocycles. The highest BCUT2D eigenvalue weighted by atomic mass is 79.9. The number of allylic oxidation sites excluding steroid dienone is 1. The van der Waals surface area contributed by atoms with Gasteiger partial charge < -0.3 is 15.0 Å². The van der Waals surface area contributed by atoms with Gasteiger partial charge in [0.2, 0.25) is 0 Å². The number of hydrogen-bond acceptors (Lipinski definition) is 3. The fourth-order valence-electron chi connectivity index (χ4n) is 2.21. The maximum absolute atomic E-state index is 12.3. The lowest BCUT2D eigenvalue weighted by atomic mass is 9.95. The zero-order valence-electron chi connectivity index (χ0n) is 12.1. The van der Waals surface area contributed by atoms with E-state index in [1.165, 1.54) is 0 Å². The third-order valence-electron chi connectivity index (χ3n) is 3.45. The molecule has 0 bridgehead atoms. The van der Waals surface area contributed by atoms with E-state index in [4.69, 9.17) is 17.0 Å². The Labute approximate surface area is 138 Å². The predicted octanol–water partition coefficient (Wildman–Crippen LogP) is 3.15. The molecule has 2 rings (SSSR count). The molecule has 1 N–H and O–H groups in total. The summed E-state index contributed by atoms with van der Waals surface area (Å²) in [5, 5.41) is 3.80. The van der Waals surface area contributed by atoms with Gasteiger partial charge in [-0.05, 0) is 43.8 Å². The molecule has 112 valence electrons. The van der Waals surface area contributed by atoms with Crippen LogP contribution >= 0.6 is 28.1 Å². The van der Waals surface area contributed by atoms with Crippen molar-refractivity contribution in [2.24, 2.45) is 0 Å². The molecular formula is C15H17BrN2O2S. The summed E-state index contributed by atoms with van der Waals surface area (Å²) in [6.45, 7) is 4.02. The van der Waals surface area contributed by atoms with E-state index in [2.05, 4.69) is 21.2 Å². The van der Waals surface area contributed by atoms with E-state index < -0.39 is 0 Å². The van der Waals surface area contributed by atoms with Gasteiger partial charge in [-0.2, -0.15) is 0 Å². The molecular weight excluding hydrogens is 352 g/mol. The van der Waals surface area contributed by atoms with E-state index in [0.717, 1.165) is 15.7 Å². The normalized spacial score (nSPS) is 18.6. The van der Waals surface area contributed by atoms with Gasteiger partial charge >= 0.3 is 5.97 Å². The van der Waals surface area contributed by atoms with Gasteiger partial charge in [0.25, 0.3) is 0 Å². The number of ether oxygens (including phenoxy) is 1. The molecule has 0 radical (unpaired) electrons. The van der Waals surface area contributed by atoms with Crippen LogP contribution < -0.4 is 5.32 Å². The Morgan fingerprint density at radius 1 is 1.43 bits per heavy atom. The molecule has 0 aromatic heterocycles. The molecule has 21 heavy (non-hydrogen) atoms. The number of carbonyl (C=O) groups excluding carboxylic acids is 1. The highest BCUT2D eigenvalue weighted by Crippen LogP contribution is 2.31. The second-order valence-electron chi connectivity index (χ2n) is 4.71. The number of esters is 1. The Morgan fingerprint density at radius 2 is 2.05 bits per heavy atom. The molecule has 0 unspecified atom stereocenters. The summed E-state index contributed by atoms with van der Waals surface area (Å²) in [4.78, 5) is 14.1. The minimum atomic E-state index is -0.315. The van der Waals surface area contributed by atoms with Crippen LogP contribution in [-0.2, 0) is 9.53 Å². The van der Waals surface area contributed by atoms with Crippen molar-refractivity contribution in [2.75, 3.05) is 13.7 Å². The number of halogens is 1. The van der Waals surface area contributed by atoms with Gasteiger partial charge in [0, 0.05) is 17.2 Å². The van der Waals surface area contributed by atoms with Crippen LogP contribution in [0.3, 0.4) is 0 Å². The van der Waals surface area contributed by atoms with Crippen molar-refractivity contribution in [2.45, 2.75) is 19.9 Å². The molecule has 0 amide bonds. The first-order valence-electron chi connectivity index (χ1n) is 6.63. The number of carbonyl (C=O) groups is 1. The lowest BCUT2D eigenvalue weighted by Gasteiger charge is -2.35. The molecule has 1 aromatic rings. The molecule has 0 aliphatic carbocycles. The van der Waals surface area contributed by atoms with E-state index in [1.54, 1.807) is 11.8 Å². The monoisotopic (exact) mass is 368 g/mol. The molecule has 6 heteroatoms. The van der Waals surface area contributed by atoms with E-state index in [-0.39, 0.29) is 12.0 Å². The summed E-state index contributed by atoms with van der Waals surface area (Å²) in [7, 11) is 1.84. The van der Waals surface area contributed by atoms with Crippen molar-refractivity contribution in [3.8, 4) is 0 Å². The second-order valence-corrected chi connectivity index (χ2v) is 6.02. The van der Waals surface area contributed by atoms with Crippen LogP contribution in [0.25, 0.3) is 0 Å². The van der Waals surface area contributed by atoms with Gasteiger partial charge in [-0.15, -0.1) is 0 Å². The molecule has 4 nitrogen and oxygen atoms in total. The maximum Gasteiger partial charge on any atom is 0.338 e. The van der Waals surface area contributed by atoms with Crippen LogP contribution in [0.15, 0.2) is 40.0 Å². The SMILES string of the molecule is CCOC(=O)C1=C(C)N(C)C(=S)N[C@H]1c1ccc(Br)cc1. The fraction of sp³-hybridized carbons (Fsp3) is 0.333. The smallest absolute Gasteiger partial charge is 0.338 e. The Hall–Kier alpha value is -1.40. The van der Waals surface area contributed by atoms with Gasteiger partial charge in [0.1, 0.15) is 0 Å². The molecule has 0 saturated carbocycles. The topological polar surface area (TPSA) is 41.6 Å². The summed E-state index contributed by atoms with van der Waals surface area (Å²) >= 11 is 8.75. The molecule has 0 saturated heterocycles. The summed E-state index contributed by atoms with van der Waals surface area (Å²) in [5.74, 6) is -0.315. The highest BCUT2D eigenvalue weighted by molar-refractivity contribution is 9.10. The predicted molar refractivity (Wildman–Crippen MR) is 89.7 cm³/mol. The fourth-order valence-corrected chi connectivity index (χ4v) is 2.73. The van der Waals surface area contributed by atoms with E-state index in [1.807, 2.05) is 38.2 Å². The van der Waals surface area contributed by atoms with Crippen molar-refractivity contribution in [1.82, 2.24) is 10.2 Å². The van der Waals surface area contributed by atoms with Crippen LogP contribution in [0.5, 0.6) is 0 Å². The average Bonchev–Trinajstić information content (AvgIpc) is 2.45.